The molecule has 8 heteroatoms. The fourth-order valence-corrected chi connectivity index (χ4v) is 6.50. The van der Waals surface area contributed by atoms with Gasteiger partial charge in [0.1, 0.15) is 10.6 Å². The van der Waals surface area contributed by atoms with Crippen LogP contribution in [0.1, 0.15) is 36.6 Å². The molecule has 4 rings (SSSR count). The van der Waals surface area contributed by atoms with E-state index in [1.54, 1.807) is 5.38 Å². The number of anilines is 1. The average Bonchev–Trinajstić information content (AvgIpc) is 3.12. The first kappa shape index (κ1) is 20.9. The number of fused-ring (bicyclic) bond motifs is 1. The summed E-state index contributed by atoms with van der Waals surface area (Å²) in [5.74, 6) is 0.341. The minimum absolute atomic E-state index is 0.0702. The van der Waals surface area contributed by atoms with Crippen molar-refractivity contribution in [3.63, 3.8) is 0 Å². The monoisotopic (exact) mass is 461 g/mol. The SMILES string of the molecule is CC(C)Oc1ccc([C@@H]2CC(=O)Nc3c(S(=O)(=O)c4ccc(Cl)cc4)csc32)cc1. The number of halogens is 1. The molecule has 156 valence electrons. The molecule has 1 aromatic heterocycles. The fraction of sp³-hybridized carbons (Fsp3) is 0.227. The Labute approximate surface area is 184 Å². The van der Waals surface area contributed by atoms with Crippen LogP contribution in [0, 0.1) is 0 Å². The molecule has 0 saturated heterocycles. The Morgan fingerprint density at radius 2 is 1.77 bits per heavy atom. The Morgan fingerprint density at radius 1 is 1.10 bits per heavy atom. The highest BCUT2D eigenvalue weighted by atomic mass is 35.5. The predicted octanol–water partition coefficient (Wildman–Crippen LogP) is 5.50. The Bertz CT molecular complexity index is 1180. The smallest absolute Gasteiger partial charge is 0.225 e. The first-order chi connectivity index (χ1) is 14.3. The first-order valence-corrected chi connectivity index (χ1v) is 12.2. The third-order valence-electron chi connectivity index (χ3n) is 4.82. The van der Waals surface area contributed by atoms with Crippen molar-refractivity contribution >= 4 is 44.4 Å². The van der Waals surface area contributed by atoms with E-state index in [4.69, 9.17) is 16.3 Å². The third kappa shape index (κ3) is 3.97. The third-order valence-corrected chi connectivity index (χ3v) is 8.11. The second-order valence-electron chi connectivity index (χ2n) is 7.34. The maximum Gasteiger partial charge on any atom is 0.225 e. The number of hydrogen-bond acceptors (Lipinski definition) is 5. The van der Waals surface area contributed by atoms with E-state index in [0.717, 1.165) is 16.2 Å². The van der Waals surface area contributed by atoms with Crippen LogP contribution in [0.5, 0.6) is 5.75 Å². The lowest BCUT2D eigenvalue weighted by Gasteiger charge is -2.24. The van der Waals surface area contributed by atoms with E-state index >= 15 is 0 Å². The van der Waals surface area contributed by atoms with Crippen LogP contribution < -0.4 is 10.1 Å². The van der Waals surface area contributed by atoms with Crippen molar-refractivity contribution in [2.45, 2.75) is 42.1 Å². The molecule has 1 atom stereocenters. The lowest BCUT2D eigenvalue weighted by molar-refractivity contribution is -0.116. The van der Waals surface area contributed by atoms with Gasteiger partial charge in [-0.1, -0.05) is 23.7 Å². The molecule has 2 heterocycles. The molecular weight excluding hydrogens is 442 g/mol. The van der Waals surface area contributed by atoms with E-state index in [1.165, 1.54) is 35.6 Å². The van der Waals surface area contributed by atoms with E-state index in [1.807, 2.05) is 38.1 Å². The zero-order valence-corrected chi connectivity index (χ0v) is 18.8. The van der Waals surface area contributed by atoms with Gasteiger partial charge in [0.05, 0.1) is 16.7 Å². The number of hydrogen-bond donors (Lipinski definition) is 1. The Hall–Kier alpha value is -2.35. The van der Waals surface area contributed by atoms with E-state index in [-0.39, 0.29) is 34.1 Å². The number of ether oxygens (including phenoxy) is 1. The van der Waals surface area contributed by atoms with Gasteiger partial charge < -0.3 is 10.1 Å². The highest BCUT2D eigenvalue weighted by Gasteiger charge is 2.34. The van der Waals surface area contributed by atoms with E-state index in [0.29, 0.717) is 10.7 Å². The summed E-state index contributed by atoms with van der Waals surface area (Å²) in [6.45, 7) is 3.92. The molecule has 1 aliphatic heterocycles. The molecular formula is C22H20ClNO4S2. The molecule has 1 amide bonds. The van der Waals surface area contributed by atoms with Crippen LogP contribution in [0.15, 0.2) is 63.7 Å². The van der Waals surface area contributed by atoms with Crippen LogP contribution >= 0.6 is 22.9 Å². The number of carbonyl (C=O) groups is 1. The molecule has 0 fully saturated rings. The zero-order valence-electron chi connectivity index (χ0n) is 16.4. The van der Waals surface area contributed by atoms with Gasteiger partial charge in [-0.3, -0.25) is 4.79 Å². The lowest BCUT2D eigenvalue weighted by Crippen LogP contribution is -2.23. The maximum atomic E-state index is 13.2. The largest absolute Gasteiger partial charge is 0.491 e. The number of thiophene rings is 1. The van der Waals surface area contributed by atoms with Crippen molar-refractivity contribution in [1.82, 2.24) is 0 Å². The molecule has 5 nitrogen and oxygen atoms in total. The number of benzene rings is 2. The van der Waals surface area contributed by atoms with Crippen molar-refractivity contribution in [2.24, 2.45) is 0 Å². The summed E-state index contributed by atoms with van der Waals surface area (Å²) < 4.78 is 32.0. The Morgan fingerprint density at radius 3 is 2.40 bits per heavy atom. The standard InChI is InChI=1S/C22H20ClNO4S2/c1-13(2)28-16-7-3-14(4-8-16)18-11-20(25)24-21-19(12-29-22(18)21)30(26,27)17-9-5-15(23)6-10-17/h3-10,12-13,18H,11H2,1-2H3,(H,24,25)/t18-/m0/s1. The van der Waals surface area contributed by atoms with Gasteiger partial charge in [0.25, 0.3) is 0 Å². The Kier molecular flexibility index (Phi) is 5.61. The number of carbonyl (C=O) groups excluding carboxylic acids is 1. The van der Waals surface area contributed by atoms with Crippen LogP contribution in [-0.4, -0.2) is 20.4 Å². The molecule has 1 aliphatic rings. The highest BCUT2D eigenvalue weighted by Crippen LogP contribution is 2.46. The van der Waals surface area contributed by atoms with E-state index in [9.17, 15) is 13.2 Å². The summed E-state index contributed by atoms with van der Waals surface area (Å²) in [6, 6.07) is 13.6. The Balaban J connectivity index is 1.73. The van der Waals surface area contributed by atoms with Crippen molar-refractivity contribution in [1.29, 1.82) is 0 Å². The van der Waals surface area contributed by atoms with Crippen LogP contribution in [0.2, 0.25) is 5.02 Å². The van der Waals surface area contributed by atoms with Gasteiger partial charge in [0.2, 0.25) is 15.7 Å². The normalized spacial score (nSPS) is 16.3. The van der Waals surface area contributed by atoms with Gasteiger partial charge in [-0.15, -0.1) is 11.3 Å². The van der Waals surface area contributed by atoms with Crippen molar-refractivity contribution in [3.8, 4) is 5.75 Å². The summed E-state index contributed by atoms with van der Waals surface area (Å²) in [5.41, 5.74) is 1.32. The molecule has 1 N–H and O–H groups in total. The van der Waals surface area contributed by atoms with Crippen molar-refractivity contribution in [3.05, 3.63) is 69.4 Å². The minimum atomic E-state index is -3.79. The van der Waals surface area contributed by atoms with E-state index < -0.39 is 9.84 Å². The molecule has 30 heavy (non-hydrogen) atoms. The highest BCUT2D eigenvalue weighted by molar-refractivity contribution is 7.91. The molecule has 0 bridgehead atoms. The summed E-state index contributed by atoms with van der Waals surface area (Å²) in [5, 5.41) is 4.83. The molecule has 0 spiro atoms. The molecule has 0 aliphatic carbocycles. The molecule has 2 aromatic carbocycles. The first-order valence-electron chi connectivity index (χ1n) is 9.44. The molecule has 0 saturated carbocycles. The summed E-state index contributed by atoms with van der Waals surface area (Å²) in [4.78, 5) is 13.5. The fourth-order valence-electron chi connectivity index (χ4n) is 3.46. The molecule has 3 aromatic rings. The van der Waals surface area contributed by atoms with Gasteiger partial charge in [-0.05, 0) is 55.8 Å². The van der Waals surface area contributed by atoms with Gasteiger partial charge in [0.15, 0.2) is 0 Å². The average molecular weight is 462 g/mol. The summed E-state index contributed by atoms with van der Waals surface area (Å²) in [7, 11) is -3.79. The summed E-state index contributed by atoms with van der Waals surface area (Å²) >= 11 is 7.23. The topological polar surface area (TPSA) is 72.5 Å². The van der Waals surface area contributed by atoms with Crippen molar-refractivity contribution < 1.29 is 17.9 Å². The summed E-state index contributed by atoms with van der Waals surface area (Å²) in [6.07, 6.45) is 0.332. The zero-order chi connectivity index (χ0) is 21.5. The molecule has 0 radical (unpaired) electrons. The number of sulfone groups is 1. The minimum Gasteiger partial charge on any atom is -0.491 e. The van der Waals surface area contributed by atoms with Gasteiger partial charge in [-0.2, -0.15) is 0 Å². The quantitative estimate of drug-likeness (QED) is 0.544. The van der Waals surface area contributed by atoms with E-state index in [2.05, 4.69) is 5.32 Å². The molecule has 0 unspecified atom stereocenters. The van der Waals surface area contributed by atoms with Gasteiger partial charge >= 0.3 is 0 Å². The van der Waals surface area contributed by atoms with Gasteiger partial charge in [-0.25, -0.2) is 8.42 Å². The second kappa shape index (κ2) is 8.06. The van der Waals surface area contributed by atoms with Crippen LogP contribution in [-0.2, 0) is 14.6 Å². The van der Waals surface area contributed by atoms with Crippen LogP contribution in [0.3, 0.4) is 0 Å². The van der Waals surface area contributed by atoms with Gasteiger partial charge in [0, 0.05) is 27.6 Å². The van der Waals surface area contributed by atoms with Crippen LogP contribution in [0.4, 0.5) is 5.69 Å². The number of amides is 1. The lowest BCUT2D eigenvalue weighted by atomic mass is 9.90. The maximum absolute atomic E-state index is 13.2. The second-order valence-corrected chi connectivity index (χ2v) is 10.6. The van der Waals surface area contributed by atoms with Crippen molar-refractivity contribution in [2.75, 3.05) is 5.32 Å². The number of nitrogens with one attached hydrogen (secondary N) is 1. The van der Waals surface area contributed by atoms with Crippen LogP contribution in [0.25, 0.3) is 0 Å². The number of rotatable bonds is 5. The predicted molar refractivity (Wildman–Crippen MR) is 119 cm³/mol.